The molecule has 1 aliphatic heterocycles. The molecule has 1 saturated heterocycles. The molecule has 31 heavy (non-hydrogen) atoms. The molecule has 0 spiro atoms. The second kappa shape index (κ2) is 9.73. The maximum atomic E-state index is 12.8. The smallest absolute Gasteiger partial charge is 0.236 e. The topological polar surface area (TPSA) is 55.8 Å². The molecule has 0 unspecified atom stereocenters. The Hall–Kier alpha value is -2.53. The molecule has 1 aliphatic rings. The van der Waals surface area contributed by atoms with Crippen LogP contribution < -0.4 is 10.2 Å². The van der Waals surface area contributed by atoms with E-state index in [4.69, 9.17) is 0 Å². The van der Waals surface area contributed by atoms with Crippen molar-refractivity contribution in [1.82, 2.24) is 10.2 Å². The molecule has 1 atom stereocenters. The van der Waals surface area contributed by atoms with Crippen LogP contribution in [0.25, 0.3) is 0 Å². The standard InChI is InChI=1S/C26H37N3O2/c1-19(2)25(20-6-8-21(9-7-20)26(3,4)5)27-18-24(31)29-16-14-28(15-17-29)22-10-12-23(30)13-11-22/h6-13,19,25,27,30H,14-18H2,1-5H3/t25-/m1/s1. The second-order valence-corrected chi connectivity index (χ2v) is 9.86. The summed E-state index contributed by atoms with van der Waals surface area (Å²) in [7, 11) is 0. The van der Waals surface area contributed by atoms with Gasteiger partial charge in [0.1, 0.15) is 5.75 Å². The summed E-state index contributed by atoms with van der Waals surface area (Å²) in [5.74, 6) is 0.818. The molecule has 0 radical (unpaired) electrons. The third-order valence-electron chi connectivity index (χ3n) is 6.12. The Kier molecular flexibility index (Phi) is 7.26. The van der Waals surface area contributed by atoms with Crippen LogP contribution in [0.4, 0.5) is 5.69 Å². The fraction of sp³-hybridized carbons (Fsp3) is 0.500. The van der Waals surface area contributed by atoms with E-state index >= 15 is 0 Å². The number of rotatable bonds is 6. The lowest BCUT2D eigenvalue weighted by Gasteiger charge is -2.36. The number of carbonyl (C=O) groups is 1. The van der Waals surface area contributed by atoms with Crippen molar-refractivity contribution in [3.05, 3.63) is 59.7 Å². The lowest BCUT2D eigenvalue weighted by Crippen LogP contribution is -2.51. The molecular formula is C26H37N3O2. The highest BCUT2D eigenvalue weighted by Crippen LogP contribution is 2.27. The predicted molar refractivity (Wildman–Crippen MR) is 128 cm³/mol. The zero-order valence-corrected chi connectivity index (χ0v) is 19.6. The van der Waals surface area contributed by atoms with Gasteiger partial charge in [-0.25, -0.2) is 0 Å². The van der Waals surface area contributed by atoms with Crippen molar-refractivity contribution in [3.8, 4) is 5.75 Å². The number of hydrogen-bond acceptors (Lipinski definition) is 4. The molecule has 0 aliphatic carbocycles. The van der Waals surface area contributed by atoms with E-state index in [0.29, 0.717) is 25.6 Å². The van der Waals surface area contributed by atoms with Crippen LogP contribution >= 0.6 is 0 Å². The maximum Gasteiger partial charge on any atom is 0.236 e. The number of nitrogens with zero attached hydrogens (tertiary/aromatic N) is 2. The molecule has 3 rings (SSSR count). The Morgan fingerprint density at radius 1 is 0.968 bits per heavy atom. The van der Waals surface area contributed by atoms with Gasteiger partial charge in [0.2, 0.25) is 5.91 Å². The molecule has 168 valence electrons. The lowest BCUT2D eigenvalue weighted by atomic mass is 9.85. The molecule has 5 heteroatoms. The van der Waals surface area contributed by atoms with E-state index in [1.807, 2.05) is 17.0 Å². The number of anilines is 1. The third kappa shape index (κ3) is 6.01. The van der Waals surface area contributed by atoms with Gasteiger partial charge >= 0.3 is 0 Å². The minimum absolute atomic E-state index is 0.136. The van der Waals surface area contributed by atoms with Gasteiger partial charge in [-0.2, -0.15) is 0 Å². The first-order chi connectivity index (χ1) is 14.6. The number of phenolic OH excluding ortho intramolecular Hbond substituents is 1. The Labute approximate surface area is 187 Å². The van der Waals surface area contributed by atoms with E-state index in [1.165, 1.54) is 11.1 Å². The van der Waals surface area contributed by atoms with Gasteiger partial charge in [0.15, 0.2) is 0 Å². The Morgan fingerprint density at radius 2 is 1.55 bits per heavy atom. The van der Waals surface area contributed by atoms with Crippen molar-refractivity contribution in [1.29, 1.82) is 0 Å². The van der Waals surface area contributed by atoms with Crippen LogP contribution in [0.5, 0.6) is 5.75 Å². The van der Waals surface area contributed by atoms with Crippen LogP contribution in [0, 0.1) is 5.92 Å². The van der Waals surface area contributed by atoms with E-state index in [1.54, 1.807) is 12.1 Å². The molecule has 0 bridgehead atoms. The van der Waals surface area contributed by atoms with Gasteiger partial charge in [0.05, 0.1) is 6.54 Å². The van der Waals surface area contributed by atoms with Crippen LogP contribution in [-0.4, -0.2) is 48.6 Å². The molecule has 2 aromatic carbocycles. The van der Waals surface area contributed by atoms with Crippen LogP contribution in [0.3, 0.4) is 0 Å². The van der Waals surface area contributed by atoms with E-state index in [0.717, 1.165) is 18.8 Å². The summed E-state index contributed by atoms with van der Waals surface area (Å²) in [5.41, 5.74) is 3.77. The largest absolute Gasteiger partial charge is 0.508 e. The average molecular weight is 424 g/mol. The van der Waals surface area contributed by atoms with E-state index in [9.17, 15) is 9.90 Å². The Bertz CT molecular complexity index is 846. The summed E-state index contributed by atoms with van der Waals surface area (Å²) < 4.78 is 0. The first-order valence-electron chi connectivity index (χ1n) is 11.3. The van der Waals surface area contributed by atoms with Gasteiger partial charge in [-0.15, -0.1) is 0 Å². The van der Waals surface area contributed by atoms with Crippen molar-refractivity contribution in [2.75, 3.05) is 37.6 Å². The van der Waals surface area contributed by atoms with Crippen molar-refractivity contribution in [3.63, 3.8) is 0 Å². The van der Waals surface area contributed by atoms with Gasteiger partial charge in [0.25, 0.3) is 0 Å². The van der Waals surface area contributed by atoms with Crippen molar-refractivity contribution in [2.24, 2.45) is 5.92 Å². The van der Waals surface area contributed by atoms with Crippen LogP contribution in [0.2, 0.25) is 0 Å². The van der Waals surface area contributed by atoms with Crippen molar-refractivity contribution in [2.45, 2.75) is 46.1 Å². The normalized spacial score (nSPS) is 15.9. The van der Waals surface area contributed by atoms with Gasteiger partial charge < -0.3 is 20.2 Å². The number of hydrogen-bond donors (Lipinski definition) is 2. The summed E-state index contributed by atoms with van der Waals surface area (Å²) in [6, 6.07) is 16.2. The minimum atomic E-state index is 0.136. The lowest BCUT2D eigenvalue weighted by molar-refractivity contribution is -0.130. The second-order valence-electron chi connectivity index (χ2n) is 9.86. The minimum Gasteiger partial charge on any atom is -0.508 e. The number of carbonyl (C=O) groups excluding carboxylic acids is 1. The molecule has 0 saturated carbocycles. The molecule has 0 aromatic heterocycles. The molecular weight excluding hydrogens is 386 g/mol. The highest BCUT2D eigenvalue weighted by molar-refractivity contribution is 5.78. The number of phenols is 1. The van der Waals surface area contributed by atoms with Crippen molar-refractivity contribution < 1.29 is 9.90 Å². The molecule has 2 aromatic rings. The van der Waals surface area contributed by atoms with Crippen LogP contribution in [-0.2, 0) is 10.2 Å². The number of nitrogens with one attached hydrogen (secondary N) is 1. The Balaban J connectivity index is 1.54. The highest BCUT2D eigenvalue weighted by atomic mass is 16.3. The first kappa shape index (κ1) is 23.1. The zero-order chi connectivity index (χ0) is 22.6. The van der Waals surface area contributed by atoms with Crippen LogP contribution in [0.15, 0.2) is 48.5 Å². The summed E-state index contributed by atoms with van der Waals surface area (Å²) in [6.07, 6.45) is 0. The van der Waals surface area contributed by atoms with E-state index in [-0.39, 0.29) is 23.1 Å². The summed E-state index contributed by atoms with van der Waals surface area (Å²) in [5, 5.41) is 13.0. The summed E-state index contributed by atoms with van der Waals surface area (Å²) >= 11 is 0. The van der Waals surface area contributed by atoms with Gasteiger partial charge in [0, 0.05) is 37.9 Å². The van der Waals surface area contributed by atoms with Crippen LogP contribution in [0.1, 0.15) is 51.8 Å². The number of amides is 1. The fourth-order valence-corrected chi connectivity index (χ4v) is 4.12. The fourth-order valence-electron chi connectivity index (χ4n) is 4.12. The quantitative estimate of drug-likeness (QED) is 0.726. The number of benzene rings is 2. The molecule has 1 heterocycles. The number of piperazine rings is 1. The predicted octanol–water partition coefficient (Wildman–Crippen LogP) is 4.33. The Morgan fingerprint density at radius 3 is 2.06 bits per heavy atom. The van der Waals surface area contributed by atoms with E-state index in [2.05, 4.69) is 69.1 Å². The summed E-state index contributed by atoms with van der Waals surface area (Å²) in [6.45, 7) is 14.4. The molecule has 1 amide bonds. The average Bonchev–Trinajstić information content (AvgIpc) is 2.74. The molecule has 5 nitrogen and oxygen atoms in total. The maximum absolute atomic E-state index is 12.8. The summed E-state index contributed by atoms with van der Waals surface area (Å²) in [4.78, 5) is 17.0. The SMILES string of the molecule is CC(C)[C@@H](NCC(=O)N1CCN(c2ccc(O)cc2)CC1)c1ccc(C(C)(C)C)cc1. The molecule has 1 fully saturated rings. The zero-order valence-electron chi connectivity index (χ0n) is 19.6. The van der Waals surface area contributed by atoms with Gasteiger partial charge in [-0.1, -0.05) is 58.9 Å². The molecule has 2 N–H and O–H groups in total. The van der Waals surface area contributed by atoms with Crippen molar-refractivity contribution >= 4 is 11.6 Å². The first-order valence-corrected chi connectivity index (χ1v) is 11.3. The van der Waals surface area contributed by atoms with Gasteiger partial charge in [-0.3, -0.25) is 4.79 Å². The monoisotopic (exact) mass is 423 g/mol. The number of aromatic hydroxyl groups is 1. The van der Waals surface area contributed by atoms with E-state index < -0.39 is 0 Å². The van der Waals surface area contributed by atoms with Gasteiger partial charge in [-0.05, 0) is 46.7 Å². The highest BCUT2D eigenvalue weighted by Gasteiger charge is 2.23. The third-order valence-corrected chi connectivity index (χ3v) is 6.12.